The minimum absolute atomic E-state index is 0.135. The van der Waals surface area contributed by atoms with Gasteiger partial charge in [-0.15, -0.1) is 0 Å². The molecule has 2 aromatic carbocycles. The largest absolute Gasteiger partial charge is 0.355 e. The first-order valence-corrected chi connectivity index (χ1v) is 11.5. The molecule has 2 aliphatic heterocycles. The van der Waals surface area contributed by atoms with E-state index in [1.807, 2.05) is 42.5 Å². The van der Waals surface area contributed by atoms with Crippen LogP contribution < -0.4 is 15.5 Å². The van der Waals surface area contributed by atoms with Crippen molar-refractivity contribution >= 4 is 28.9 Å². The van der Waals surface area contributed by atoms with Gasteiger partial charge in [0.25, 0.3) is 11.9 Å². The van der Waals surface area contributed by atoms with E-state index in [1.54, 1.807) is 12.1 Å². The summed E-state index contributed by atoms with van der Waals surface area (Å²) in [6.45, 7) is 1.36. The van der Waals surface area contributed by atoms with Crippen molar-refractivity contribution in [3.63, 3.8) is 0 Å². The molecular formula is C26H22F3N5O2. The summed E-state index contributed by atoms with van der Waals surface area (Å²) in [7, 11) is 0. The number of pyridine rings is 1. The SMILES string of the molecule is Cc1nc(F)c(F)c(N2CCCC2C(=O)N[C@H]2N=C(c3ccccc3)c3ccccc3NC2=O)c1F. The van der Waals surface area contributed by atoms with Gasteiger partial charge in [0, 0.05) is 17.7 Å². The Morgan fingerprint density at radius 1 is 1.06 bits per heavy atom. The molecule has 2 atom stereocenters. The molecule has 0 aliphatic carbocycles. The number of nitrogens with zero attached hydrogens (tertiary/aromatic N) is 3. The summed E-state index contributed by atoms with van der Waals surface area (Å²) in [6, 6.07) is 15.3. The van der Waals surface area contributed by atoms with E-state index in [1.165, 1.54) is 11.8 Å². The maximum atomic E-state index is 14.8. The number of hydrogen-bond donors (Lipinski definition) is 2. The normalized spacial score (nSPS) is 19.3. The number of carbonyl (C=O) groups is 2. The minimum Gasteiger partial charge on any atom is -0.355 e. The Morgan fingerprint density at radius 2 is 1.78 bits per heavy atom. The molecule has 7 nitrogen and oxygen atoms in total. The van der Waals surface area contributed by atoms with E-state index in [4.69, 9.17) is 0 Å². The molecule has 1 saturated heterocycles. The number of aliphatic imine (C=N–C) groups is 1. The zero-order chi connectivity index (χ0) is 25.4. The molecule has 10 heteroatoms. The highest BCUT2D eigenvalue weighted by molar-refractivity contribution is 6.19. The summed E-state index contributed by atoms with van der Waals surface area (Å²) >= 11 is 0. The third kappa shape index (κ3) is 4.19. The Morgan fingerprint density at radius 3 is 2.56 bits per heavy atom. The Kier molecular flexibility index (Phi) is 6.17. The molecule has 1 unspecified atom stereocenters. The number of carbonyl (C=O) groups excluding carboxylic acids is 2. The lowest BCUT2D eigenvalue weighted by Crippen LogP contribution is -2.50. The van der Waals surface area contributed by atoms with Crippen LogP contribution in [0.1, 0.15) is 29.7 Å². The predicted octanol–water partition coefficient (Wildman–Crippen LogP) is 3.71. The molecule has 0 spiro atoms. The number of aromatic nitrogens is 1. The van der Waals surface area contributed by atoms with Crippen molar-refractivity contribution in [2.24, 2.45) is 4.99 Å². The van der Waals surface area contributed by atoms with Gasteiger partial charge in [-0.3, -0.25) is 9.59 Å². The Labute approximate surface area is 205 Å². The van der Waals surface area contributed by atoms with Crippen molar-refractivity contribution < 1.29 is 22.8 Å². The van der Waals surface area contributed by atoms with E-state index in [0.29, 0.717) is 23.4 Å². The molecule has 1 aromatic heterocycles. The summed E-state index contributed by atoms with van der Waals surface area (Å²) in [4.78, 5) is 35.3. The van der Waals surface area contributed by atoms with E-state index >= 15 is 0 Å². The van der Waals surface area contributed by atoms with Crippen LogP contribution in [0.15, 0.2) is 59.6 Å². The second-order valence-corrected chi connectivity index (χ2v) is 8.61. The van der Waals surface area contributed by atoms with Crippen molar-refractivity contribution in [1.82, 2.24) is 10.3 Å². The van der Waals surface area contributed by atoms with Gasteiger partial charge in [-0.2, -0.15) is 8.78 Å². The molecule has 1 fully saturated rings. The smallest absolute Gasteiger partial charge is 0.269 e. The Hall–Kier alpha value is -4.21. The van der Waals surface area contributed by atoms with Crippen LogP contribution in [0.4, 0.5) is 24.5 Å². The second kappa shape index (κ2) is 9.44. The molecular weight excluding hydrogens is 471 g/mol. The van der Waals surface area contributed by atoms with Crippen LogP contribution >= 0.6 is 0 Å². The van der Waals surface area contributed by atoms with E-state index in [-0.39, 0.29) is 18.7 Å². The lowest BCUT2D eigenvalue weighted by molar-refractivity contribution is -0.127. The van der Waals surface area contributed by atoms with E-state index in [9.17, 15) is 22.8 Å². The van der Waals surface area contributed by atoms with Crippen LogP contribution in [0.3, 0.4) is 0 Å². The van der Waals surface area contributed by atoms with Crippen LogP contribution in [-0.4, -0.2) is 41.3 Å². The number of nitrogens with one attached hydrogen (secondary N) is 2. The fourth-order valence-corrected chi connectivity index (χ4v) is 4.58. The van der Waals surface area contributed by atoms with Gasteiger partial charge in [-0.25, -0.2) is 14.4 Å². The highest BCUT2D eigenvalue weighted by atomic mass is 19.2. The number of benzene rings is 2. The van der Waals surface area contributed by atoms with Gasteiger partial charge in [0.15, 0.2) is 5.82 Å². The summed E-state index contributed by atoms with van der Waals surface area (Å²) in [5, 5.41) is 5.40. The standard InChI is InChI=1S/C26H22F3N5O2/c1-14-19(27)22(20(28)23(29)30-14)34-13-7-12-18(34)25(35)33-24-26(36)31-17-11-6-5-10-16(17)21(32-24)15-8-3-2-4-9-15/h2-6,8-11,18,24H,7,12-13H2,1H3,(H,31,36)(H,33,35)/t18?,24-/m1/s1. The molecule has 0 bridgehead atoms. The molecule has 2 N–H and O–H groups in total. The van der Waals surface area contributed by atoms with Crippen molar-refractivity contribution in [1.29, 1.82) is 0 Å². The van der Waals surface area contributed by atoms with Crippen molar-refractivity contribution in [2.75, 3.05) is 16.8 Å². The minimum atomic E-state index is -1.45. The molecule has 3 heterocycles. The summed E-state index contributed by atoms with van der Waals surface area (Å²) in [5.74, 6) is -5.13. The van der Waals surface area contributed by atoms with E-state index in [0.717, 1.165) is 5.56 Å². The fourth-order valence-electron chi connectivity index (χ4n) is 4.58. The molecule has 3 aromatic rings. The van der Waals surface area contributed by atoms with Gasteiger partial charge < -0.3 is 15.5 Å². The third-order valence-corrected chi connectivity index (χ3v) is 6.30. The second-order valence-electron chi connectivity index (χ2n) is 8.61. The van der Waals surface area contributed by atoms with E-state index < -0.39 is 47.3 Å². The number of amides is 2. The summed E-state index contributed by atoms with van der Waals surface area (Å²) < 4.78 is 43.3. The molecule has 2 aliphatic rings. The van der Waals surface area contributed by atoms with Crippen LogP contribution in [0.2, 0.25) is 0 Å². The van der Waals surface area contributed by atoms with Crippen LogP contribution in [0, 0.1) is 24.5 Å². The monoisotopic (exact) mass is 493 g/mol. The maximum Gasteiger partial charge on any atom is 0.269 e. The predicted molar refractivity (Wildman–Crippen MR) is 128 cm³/mol. The van der Waals surface area contributed by atoms with Gasteiger partial charge >= 0.3 is 0 Å². The fraction of sp³-hybridized carbons (Fsp3) is 0.231. The van der Waals surface area contributed by atoms with Crippen LogP contribution in [0.25, 0.3) is 0 Å². The zero-order valence-corrected chi connectivity index (χ0v) is 19.3. The zero-order valence-electron chi connectivity index (χ0n) is 19.3. The molecule has 0 radical (unpaired) electrons. The number of aryl methyl sites for hydroxylation is 1. The summed E-state index contributed by atoms with van der Waals surface area (Å²) in [5.41, 5.74) is 1.52. The van der Waals surface area contributed by atoms with Gasteiger partial charge in [0.1, 0.15) is 11.7 Å². The number of rotatable bonds is 4. The highest BCUT2D eigenvalue weighted by Crippen LogP contribution is 2.33. The number of benzodiazepines with no additional fused rings is 1. The van der Waals surface area contributed by atoms with Crippen molar-refractivity contribution in [2.45, 2.75) is 32.0 Å². The molecule has 184 valence electrons. The van der Waals surface area contributed by atoms with E-state index in [2.05, 4.69) is 20.6 Å². The summed E-state index contributed by atoms with van der Waals surface area (Å²) in [6.07, 6.45) is -0.591. The third-order valence-electron chi connectivity index (χ3n) is 6.30. The number of para-hydroxylation sites is 1. The van der Waals surface area contributed by atoms with Crippen molar-refractivity contribution in [3.8, 4) is 0 Å². The first kappa shape index (κ1) is 23.5. The maximum absolute atomic E-state index is 14.8. The lowest BCUT2D eigenvalue weighted by atomic mass is 10.0. The first-order valence-electron chi connectivity index (χ1n) is 11.5. The van der Waals surface area contributed by atoms with Crippen LogP contribution in [0.5, 0.6) is 0 Å². The number of fused-ring (bicyclic) bond motifs is 1. The molecule has 2 amide bonds. The van der Waals surface area contributed by atoms with Gasteiger partial charge in [-0.1, -0.05) is 48.5 Å². The molecule has 0 saturated carbocycles. The first-order chi connectivity index (χ1) is 17.3. The molecule has 36 heavy (non-hydrogen) atoms. The lowest BCUT2D eigenvalue weighted by Gasteiger charge is -2.27. The van der Waals surface area contributed by atoms with Gasteiger partial charge in [-0.05, 0) is 25.8 Å². The average molecular weight is 493 g/mol. The van der Waals surface area contributed by atoms with Gasteiger partial charge in [0.2, 0.25) is 17.9 Å². The molecule has 5 rings (SSSR count). The topological polar surface area (TPSA) is 86.7 Å². The number of hydrogen-bond acceptors (Lipinski definition) is 5. The quantitative estimate of drug-likeness (QED) is 0.543. The Bertz CT molecular complexity index is 1350. The number of anilines is 2. The van der Waals surface area contributed by atoms with Gasteiger partial charge in [0.05, 0.1) is 17.1 Å². The average Bonchev–Trinajstić information content (AvgIpc) is 3.31. The Balaban J connectivity index is 1.48. The van der Waals surface area contributed by atoms with Crippen LogP contribution in [-0.2, 0) is 9.59 Å². The van der Waals surface area contributed by atoms with Crippen molar-refractivity contribution in [3.05, 3.63) is 89.0 Å². The highest BCUT2D eigenvalue weighted by Gasteiger charge is 2.38. The number of halogens is 3.